The van der Waals surface area contributed by atoms with Gasteiger partial charge in [-0.15, -0.1) is 0 Å². The van der Waals surface area contributed by atoms with E-state index in [9.17, 15) is 9.59 Å². The maximum absolute atomic E-state index is 11.5. The maximum Gasteiger partial charge on any atom is 0.306 e. The zero-order chi connectivity index (χ0) is 12.8. The number of aromatic nitrogens is 1. The minimum absolute atomic E-state index is 0.0751. The summed E-state index contributed by atoms with van der Waals surface area (Å²) in [6, 6.07) is 3.60. The molecule has 5 nitrogen and oxygen atoms in total. The van der Waals surface area contributed by atoms with Crippen molar-refractivity contribution < 1.29 is 14.3 Å². The lowest BCUT2D eigenvalue weighted by Gasteiger charge is -2.05. The molecule has 1 N–H and O–H groups in total. The summed E-state index contributed by atoms with van der Waals surface area (Å²) in [5.74, 6) is -0.145. The van der Waals surface area contributed by atoms with Crippen LogP contribution in [0.5, 0.6) is 0 Å². The summed E-state index contributed by atoms with van der Waals surface area (Å²) in [4.78, 5) is 26.5. The molecule has 0 spiro atoms. The van der Waals surface area contributed by atoms with E-state index >= 15 is 0 Å². The number of hydrogen-bond donors (Lipinski definition) is 1. The van der Waals surface area contributed by atoms with Crippen molar-refractivity contribution in [1.29, 1.82) is 0 Å². The van der Waals surface area contributed by atoms with Gasteiger partial charge in [0.15, 0.2) is 0 Å². The van der Waals surface area contributed by atoms with Crippen molar-refractivity contribution in [3.63, 3.8) is 0 Å². The first-order chi connectivity index (χ1) is 8.02. The van der Waals surface area contributed by atoms with E-state index in [0.717, 1.165) is 9.26 Å². The van der Waals surface area contributed by atoms with Crippen molar-refractivity contribution in [3.05, 3.63) is 21.4 Å². The van der Waals surface area contributed by atoms with Gasteiger partial charge in [0, 0.05) is 9.99 Å². The predicted molar refractivity (Wildman–Crippen MR) is 71.6 cm³/mol. The Morgan fingerprint density at radius 2 is 2.12 bits per heavy atom. The average Bonchev–Trinajstić information content (AvgIpc) is 2.31. The first-order valence-electron chi connectivity index (χ1n) is 5.02. The van der Waals surface area contributed by atoms with Gasteiger partial charge in [0.05, 0.1) is 19.2 Å². The van der Waals surface area contributed by atoms with Crippen LogP contribution in [0.2, 0.25) is 0 Å². The Labute approximate surface area is 113 Å². The minimum atomic E-state index is -0.396. The molecule has 1 heterocycles. The highest BCUT2D eigenvalue weighted by atomic mass is 127. The number of nitrogens with one attached hydrogen (secondary N) is 1. The molecule has 1 amide bonds. The quantitative estimate of drug-likeness (QED) is 0.667. The van der Waals surface area contributed by atoms with Crippen molar-refractivity contribution in [2.24, 2.45) is 0 Å². The van der Waals surface area contributed by atoms with Gasteiger partial charge in [-0.05, 0) is 41.6 Å². The summed E-state index contributed by atoms with van der Waals surface area (Å²) >= 11 is 2.17. The van der Waals surface area contributed by atoms with E-state index < -0.39 is 5.97 Å². The molecule has 17 heavy (non-hydrogen) atoms. The van der Waals surface area contributed by atoms with Crippen molar-refractivity contribution in [2.45, 2.75) is 19.8 Å². The highest BCUT2D eigenvalue weighted by Gasteiger charge is 2.08. The van der Waals surface area contributed by atoms with E-state index in [-0.39, 0.29) is 18.7 Å². The second kappa shape index (κ2) is 6.53. The lowest BCUT2D eigenvalue weighted by atomic mass is 10.3. The van der Waals surface area contributed by atoms with Crippen LogP contribution in [-0.4, -0.2) is 24.0 Å². The van der Waals surface area contributed by atoms with Crippen molar-refractivity contribution in [1.82, 2.24) is 4.98 Å². The average molecular weight is 348 g/mol. The third kappa shape index (κ3) is 4.68. The van der Waals surface area contributed by atoms with Crippen LogP contribution in [0.3, 0.4) is 0 Å². The molecule has 92 valence electrons. The fourth-order valence-corrected chi connectivity index (χ4v) is 1.44. The molecule has 1 aromatic heterocycles. The van der Waals surface area contributed by atoms with E-state index in [1.807, 2.05) is 13.0 Å². The van der Waals surface area contributed by atoms with Gasteiger partial charge in [-0.1, -0.05) is 0 Å². The van der Waals surface area contributed by atoms with Crippen LogP contribution >= 0.6 is 22.6 Å². The van der Waals surface area contributed by atoms with Gasteiger partial charge in [0.2, 0.25) is 5.91 Å². The van der Waals surface area contributed by atoms with Crippen molar-refractivity contribution in [3.8, 4) is 0 Å². The molecule has 0 atom stereocenters. The Kier molecular flexibility index (Phi) is 5.33. The standard InChI is InChI=1S/C11H13IN2O3/c1-7-8(12)3-4-9(13-7)14-10(15)5-6-11(16)17-2/h3-4H,5-6H2,1-2H3,(H,13,14,15). The molecule has 0 aliphatic heterocycles. The van der Waals surface area contributed by atoms with Gasteiger partial charge in [0.1, 0.15) is 5.82 Å². The zero-order valence-corrected chi connectivity index (χ0v) is 11.8. The van der Waals surface area contributed by atoms with Gasteiger partial charge in [-0.25, -0.2) is 4.98 Å². The molecule has 0 saturated heterocycles. The van der Waals surface area contributed by atoms with Crippen LogP contribution in [0.1, 0.15) is 18.5 Å². The Bertz CT molecular complexity index is 435. The number of amides is 1. The number of methoxy groups -OCH3 is 1. The number of rotatable bonds is 4. The summed E-state index contributed by atoms with van der Waals surface area (Å²) in [5.41, 5.74) is 0.858. The van der Waals surface area contributed by atoms with Crippen molar-refractivity contribution >= 4 is 40.3 Å². The van der Waals surface area contributed by atoms with Gasteiger partial charge in [-0.2, -0.15) is 0 Å². The SMILES string of the molecule is COC(=O)CCC(=O)Nc1ccc(I)c(C)n1. The molecule has 6 heteroatoms. The fourth-order valence-electron chi connectivity index (χ4n) is 1.14. The number of carbonyl (C=O) groups excluding carboxylic acids is 2. The van der Waals surface area contributed by atoms with Crippen LogP contribution in [0.15, 0.2) is 12.1 Å². The van der Waals surface area contributed by atoms with Crippen LogP contribution in [0.25, 0.3) is 0 Å². The van der Waals surface area contributed by atoms with Crippen LogP contribution in [0.4, 0.5) is 5.82 Å². The highest BCUT2D eigenvalue weighted by Crippen LogP contribution is 2.12. The monoisotopic (exact) mass is 348 g/mol. The Hall–Kier alpha value is -1.18. The van der Waals surface area contributed by atoms with E-state index in [4.69, 9.17) is 0 Å². The molecular formula is C11H13IN2O3. The first-order valence-corrected chi connectivity index (χ1v) is 6.10. The third-order valence-corrected chi connectivity index (χ3v) is 3.21. The van der Waals surface area contributed by atoms with Crippen LogP contribution < -0.4 is 5.32 Å². The molecule has 1 aromatic rings. The minimum Gasteiger partial charge on any atom is -0.469 e. The summed E-state index contributed by atoms with van der Waals surface area (Å²) < 4.78 is 5.49. The van der Waals surface area contributed by atoms with Gasteiger partial charge >= 0.3 is 5.97 Å². The summed E-state index contributed by atoms with van der Waals surface area (Å²) in [5, 5.41) is 2.63. The fraction of sp³-hybridized carbons (Fsp3) is 0.364. The molecule has 0 fully saturated rings. The normalized spacial score (nSPS) is 9.82. The summed E-state index contributed by atoms with van der Waals surface area (Å²) in [6.07, 6.45) is 0.172. The molecule has 0 aliphatic rings. The smallest absolute Gasteiger partial charge is 0.306 e. The number of ether oxygens (including phenoxy) is 1. The van der Waals surface area contributed by atoms with Crippen LogP contribution in [0, 0.1) is 10.5 Å². The van der Waals surface area contributed by atoms with E-state index in [1.165, 1.54) is 7.11 Å². The maximum atomic E-state index is 11.5. The number of halogens is 1. The largest absolute Gasteiger partial charge is 0.469 e. The molecule has 0 unspecified atom stereocenters. The second-order valence-corrected chi connectivity index (χ2v) is 4.55. The van der Waals surface area contributed by atoms with Crippen molar-refractivity contribution in [2.75, 3.05) is 12.4 Å². The number of esters is 1. The summed E-state index contributed by atoms with van der Waals surface area (Å²) in [6.45, 7) is 1.87. The van der Waals surface area contributed by atoms with E-state index in [0.29, 0.717) is 5.82 Å². The van der Waals surface area contributed by atoms with Crippen LogP contribution in [-0.2, 0) is 14.3 Å². The molecular weight excluding hydrogens is 335 g/mol. The lowest BCUT2D eigenvalue weighted by molar-refractivity contribution is -0.141. The number of anilines is 1. The van der Waals surface area contributed by atoms with E-state index in [1.54, 1.807) is 6.07 Å². The number of nitrogens with zero attached hydrogens (tertiary/aromatic N) is 1. The molecule has 0 bridgehead atoms. The Morgan fingerprint density at radius 1 is 1.41 bits per heavy atom. The number of carbonyl (C=O) groups is 2. The predicted octanol–water partition coefficient (Wildman–Crippen LogP) is 1.89. The summed E-state index contributed by atoms with van der Waals surface area (Å²) in [7, 11) is 1.30. The second-order valence-electron chi connectivity index (χ2n) is 3.39. The number of aryl methyl sites for hydroxylation is 1. The third-order valence-electron chi connectivity index (χ3n) is 2.07. The highest BCUT2D eigenvalue weighted by molar-refractivity contribution is 14.1. The van der Waals surface area contributed by atoms with Gasteiger partial charge in [-0.3, -0.25) is 9.59 Å². The lowest BCUT2D eigenvalue weighted by Crippen LogP contribution is -2.15. The number of pyridine rings is 1. The molecule has 0 saturated carbocycles. The molecule has 0 radical (unpaired) electrons. The Morgan fingerprint density at radius 3 is 2.71 bits per heavy atom. The number of hydrogen-bond acceptors (Lipinski definition) is 4. The van der Waals surface area contributed by atoms with Gasteiger partial charge in [0.25, 0.3) is 0 Å². The molecule has 0 aromatic carbocycles. The topological polar surface area (TPSA) is 68.3 Å². The zero-order valence-electron chi connectivity index (χ0n) is 9.62. The van der Waals surface area contributed by atoms with Gasteiger partial charge < -0.3 is 10.1 Å². The molecule has 1 rings (SSSR count). The van der Waals surface area contributed by atoms with E-state index in [2.05, 4.69) is 37.6 Å². The molecule has 0 aliphatic carbocycles. The first kappa shape index (κ1) is 13.9. The Balaban J connectivity index is 2.50.